The molecule has 0 aromatic rings. The third kappa shape index (κ3) is 2.73. The second kappa shape index (κ2) is 4.48. The highest BCUT2D eigenvalue weighted by atomic mass is 16.6. The summed E-state index contributed by atoms with van der Waals surface area (Å²) in [7, 11) is 0. The molecule has 0 spiro atoms. The SMILES string of the molecule is CC(C)(C)OC(=O)N1CC2CCC(C1)C2CN. The summed E-state index contributed by atoms with van der Waals surface area (Å²) in [6, 6.07) is 0. The summed E-state index contributed by atoms with van der Waals surface area (Å²) in [4.78, 5) is 13.9. The van der Waals surface area contributed by atoms with Gasteiger partial charge in [-0.1, -0.05) is 0 Å². The Kier molecular flexibility index (Phi) is 3.34. The molecule has 2 aliphatic rings. The number of hydrogen-bond acceptors (Lipinski definition) is 3. The molecule has 2 N–H and O–H groups in total. The summed E-state index contributed by atoms with van der Waals surface area (Å²) in [5, 5.41) is 0. The fourth-order valence-corrected chi connectivity index (χ4v) is 3.20. The van der Waals surface area contributed by atoms with Gasteiger partial charge < -0.3 is 15.4 Å². The number of nitrogens with zero attached hydrogens (tertiary/aromatic N) is 1. The van der Waals surface area contributed by atoms with E-state index in [1.807, 2.05) is 25.7 Å². The average molecular weight is 240 g/mol. The van der Waals surface area contributed by atoms with Crippen molar-refractivity contribution in [2.75, 3.05) is 19.6 Å². The van der Waals surface area contributed by atoms with E-state index in [4.69, 9.17) is 10.5 Å². The van der Waals surface area contributed by atoms with Crippen molar-refractivity contribution in [1.82, 2.24) is 4.90 Å². The largest absolute Gasteiger partial charge is 0.444 e. The highest BCUT2D eigenvalue weighted by molar-refractivity contribution is 5.68. The lowest BCUT2D eigenvalue weighted by molar-refractivity contribution is 0.00865. The van der Waals surface area contributed by atoms with Crippen LogP contribution in [-0.2, 0) is 4.74 Å². The van der Waals surface area contributed by atoms with Gasteiger partial charge in [0.15, 0.2) is 0 Å². The Morgan fingerprint density at radius 2 is 1.82 bits per heavy atom. The number of fused-ring (bicyclic) bond motifs is 2. The van der Waals surface area contributed by atoms with Gasteiger partial charge in [-0.05, 0) is 57.9 Å². The minimum atomic E-state index is -0.402. The van der Waals surface area contributed by atoms with Gasteiger partial charge in [-0.25, -0.2) is 4.79 Å². The normalized spacial score (nSPS) is 32.7. The Balaban J connectivity index is 1.96. The van der Waals surface area contributed by atoms with E-state index < -0.39 is 5.60 Å². The summed E-state index contributed by atoms with van der Waals surface area (Å²) in [6.07, 6.45) is 2.27. The number of ether oxygens (including phenoxy) is 1. The zero-order chi connectivity index (χ0) is 12.6. The third-order valence-corrected chi connectivity index (χ3v) is 3.95. The van der Waals surface area contributed by atoms with Crippen molar-refractivity contribution in [3.8, 4) is 0 Å². The summed E-state index contributed by atoms with van der Waals surface area (Å²) < 4.78 is 5.43. The van der Waals surface area contributed by atoms with Gasteiger partial charge in [-0.15, -0.1) is 0 Å². The van der Waals surface area contributed by atoms with Crippen LogP contribution in [0.5, 0.6) is 0 Å². The Hall–Kier alpha value is -0.770. The number of carbonyl (C=O) groups excluding carboxylic acids is 1. The van der Waals surface area contributed by atoms with Crippen molar-refractivity contribution < 1.29 is 9.53 Å². The molecular formula is C13H24N2O2. The fourth-order valence-electron chi connectivity index (χ4n) is 3.20. The highest BCUT2D eigenvalue weighted by Gasteiger charge is 2.43. The monoisotopic (exact) mass is 240 g/mol. The Bertz CT molecular complexity index is 284. The minimum absolute atomic E-state index is 0.162. The van der Waals surface area contributed by atoms with Gasteiger partial charge >= 0.3 is 6.09 Å². The number of piperidine rings is 1. The molecule has 2 fully saturated rings. The first-order valence-corrected chi connectivity index (χ1v) is 6.58. The zero-order valence-electron chi connectivity index (χ0n) is 11.1. The van der Waals surface area contributed by atoms with Crippen LogP contribution in [0.25, 0.3) is 0 Å². The summed E-state index contributed by atoms with van der Waals surface area (Å²) in [6.45, 7) is 8.14. The molecule has 2 unspecified atom stereocenters. The molecule has 2 bridgehead atoms. The lowest BCUT2D eigenvalue weighted by Gasteiger charge is -2.38. The van der Waals surface area contributed by atoms with Crippen LogP contribution < -0.4 is 5.73 Å². The molecule has 1 amide bonds. The third-order valence-electron chi connectivity index (χ3n) is 3.95. The van der Waals surface area contributed by atoms with Gasteiger partial charge in [0.1, 0.15) is 5.60 Å². The van der Waals surface area contributed by atoms with E-state index in [1.165, 1.54) is 12.8 Å². The van der Waals surface area contributed by atoms with Gasteiger partial charge in [0, 0.05) is 13.1 Å². The van der Waals surface area contributed by atoms with Crippen LogP contribution in [0.4, 0.5) is 4.79 Å². The maximum atomic E-state index is 12.0. The van der Waals surface area contributed by atoms with E-state index in [0.29, 0.717) is 17.8 Å². The maximum Gasteiger partial charge on any atom is 0.410 e. The molecule has 17 heavy (non-hydrogen) atoms. The first-order valence-electron chi connectivity index (χ1n) is 6.58. The smallest absolute Gasteiger partial charge is 0.410 e. The van der Waals surface area contributed by atoms with Crippen LogP contribution in [0, 0.1) is 17.8 Å². The zero-order valence-corrected chi connectivity index (χ0v) is 11.1. The van der Waals surface area contributed by atoms with Gasteiger partial charge in [0.25, 0.3) is 0 Å². The van der Waals surface area contributed by atoms with Crippen molar-refractivity contribution in [1.29, 1.82) is 0 Å². The first kappa shape index (κ1) is 12.7. The molecule has 1 saturated carbocycles. The summed E-state index contributed by atoms with van der Waals surface area (Å²) in [5.41, 5.74) is 5.41. The first-order chi connectivity index (χ1) is 7.90. The molecule has 1 aliphatic carbocycles. The molecule has 0 aromatic carbocycles. The van der Waals surface area contributed by atoms with Crippen molar-refractivity contribution in [2.24, 2.45) is 23.5 Å². The maximum absolute atomic E-state index is 12.0. The quantitative estimate of drug-likeness (QED) is 0.761. The van der Waals surface area contributed by atoms with Crippen molar-refractivity contribution >= 4 is 6.09 Å². The molecule has 2 atom stereocenters. The van der Waals surface area contributed by atoms with Crippen molar-refractivity contribution in [3.63, 3.8) is 0 Å². The second-order valence-corrected chi connectivity index (χ2v) is 6.38. The van der Waals surface area contributed by atoms with E-state index in [9.17, 15) is 4.79 Å². The van der Waals surface area contributed by atoms with E-state index in [0.717, 1.165) is 19.6 Å². The topological polar surface area (TPSA) is 55.6 Å². The minimum Gasteiger partial charge on any atom is -0.444 e. The lowest BCUT2D eigenvalue weighted by Crippen LogP contribution is -2.48. The van der Waals surface area contributed by atoms with Gasteiger partial charge in [-0.2, -0.15) is 0 Å². The van der Waals surface area contributed by atoms with E-state index in [-0.39, 0.29) is 6.09 Å². The second-order valence-electron chi connectivity index (χ2n) is 6.38. The summed E-state index contributed by atoms with van der Waals surface area (Å²) in [5.74, 6) is 1.80. The predicted octanol–water partition coefficient (Wildman–Crippen LogP) is 1.84. The molecule has 4 nitrogen and oxygen atoms in total. The molecule has 1 heterocycles. The van der Waals surface area contributed by atoms with Crippen molar-refractivity contribution in [2.45, 2.75) is 39.2 Å². The number of nitrogens with two attached hydrogens (primary N) is 1. The van der Waals surface area contributed by atoms with Crippen LogP contribution >= 0.6 is 0 Å². The van der Waals surface area contributed by atoms with E-state index >= 15 is 0 Å². The Labute approximate surface area is 103 Å². The van der Waals surface area contributed by atoms with E-state index in [1.54, 1.807) is 0 Å². The number of rotatable bonds is 1. The standard InChI is InChI=1S/C13H24N2O2/c1-13(2,3)17-12(16)15-7-9-4-5-10(8-15)11(9)6-14/h9-11H,4-8,14H2,1-3H3. The molecular weight excluding hydrogens is 216 g/mol. The lowest BCUT2D eigenvalue weighted by atomic mass is 9.85. The number of amides is 1. The van der Waals surface area contributed by atoms with Gasteiger partial charge in [-0.3, -0.25) is 0 Å². The summed E-state index contributed by atoms with van der Waals surface area (Å²) >= 11 is 0. The molecule has 98 valence electrons. The molecule has 0 radical (unpaired) electrons. The number of hydrogen-bond donors (Lipinski definition) is 1. The van der Waals surface area contributed by atoms with Crippen LogP contribution in [0.15, 0.2) is 0 Å². The molecule has 1 aliphatic heterocycles. The molecule has 2 rings (SSSR count). The van der Waals surface area contributed by atoms with E-state index in [2.05, 4.69) is 0 Å². The van der Waals surface area contributed by atoms with Crippen LogP contribution in [0.3, 0.4) is 0 Å². The Morgan fingerprint density at radius 1 is 1.29 bits per heavy atom. The highest BCUT2D eigenvalue weighted by Crippen LogP contribution is 2.41. The number of carbonyl (C=O) groups is 1. The van der Waals surface area contributed by atoms with Crippen molar-refractivity contribution in [3.05, 3.63) is 0 Å². The molecule has 4 heteroatoms. The number of likely N-dealkylation sites (tertiary alicyclic amines) is 1. The van der Waals surface area contributed by atoms with Crippen LogP contribution in [-0.4, -0.2) is 36.2 Å². The molecule has 1 saturated heterocycles. The average Bonchev–Trinajstić information content (AvgIpc) is 2.44. The fraction of sp³-hybridized carbons (Fsp3) is 0.923. The van der Waals surface area contributed by atoms with Crippen LogP contribution in [0.1, 0.15) is 33.6 Å². The van der Waals surface area contributed by atoms with Gasteiger partial charge in [0.05, 0.1) is 0 Å². The Morgan fingerprint density at radius 3 is 2.24 bits per heavy atom. The van der Waals surface area contributed by atoms with Crippen LogP contribution in [0.2, 0.25) is 0 Å². The molecule has 0 aromatic heterocycles. The predicted molar refractivity (Wildman–Crippen MR) is 66.6 cm³/mol. The van der Waals surface area contributed by atoms with Gasteiger partial charge in [0.2, 0.25) is 0 Å².